The zero-order valence-corrected chi connectivity index (χ0v) is 10.1. The summed E-state index contributed by atoms with van der Waals surface area (Å²) in [5.74, 6) is 0.846. The smallest absolute Gasteiger partial charge is 0.164 e. The van der Waals surface area contributed by atoms with Crippen LogP contribution in [0.2, 0.25) is 5.02 Å². The van der Waals surface area contributed by atoms with Crippen LogP contribution in [0.15, 0.2) is 24.5 Å². The third-order valence-corrected chi connectivity index (χ3v) is 2.57. The first-order chi connectivity index (χ1) is 8.15. The minimum absolute atomic E-state index is 0.0989. The average molecular weight is 253 g/mol. The van der Waals surface area contributed by atoms with E-state index in [9.17, 15) is 5.11 Å². The largest absolute Gasteiger partial charge is 0.506 e. The highest BCUT2D eigenvalue weighted by atomic mass is 35.5. The summed E-state index contributed by atoms with van der Waals surface area (Å²) >= 11 is 5.81. The molecule has 0 saturated carbocycles. The van der Waals surface area contributed by atoms with Crippen LogP contribution in [-0.2, 0) is 20.1 Å². The zero-order chi connectivity index (χ0) is 12.3. The average Bonchev–Trinajstić information content (AvgIpc) is 2.70. The van der Waals surface area contributed by atoms with Crippen molar-refractivity contribution < 1.29 is 5.11 Å². The number of aromatic nitrogens is 3. The molecule has 0 unspecified atom stereocenters. The summed E-state index contributed by atoms with van der Waals surface area (Å²) in [6, 6.07) is 5.13. The number of hydrogen-bond acceptors (Lipinski definition) is 4. The van der Waals surface area contributed by atoms with Gasteiger partial charge in [0.05, 0.1) is 11.6 Å². The second-order valence-corrected chi connectivity index (χ2v) is 4.13. The van der Waals surface area contributed by atoms with E-state index in [2.05, 4.69) is 15.4 Å². The number of nitrogens with one attached hydrogen (secondary N) is 1. The highest BCUT2D eigenvalue weighted by Crippen LogP contribution is 2.23. The summed E-state index contributed by atoms with van der Waals surface area (Å²) in [6.45, 7) is 1.25. The number of rotatable bonds is 4. The molecule has 90 valence electrons. The van der Waals surface area contributed by atoms with Crippen molar-refractivity contribution in [3.05, 3.63) is 40.9 Å². The Kier molecular flexibility index (Phi) is 3.61. The summed E-state index contributed by atoms with van der Waals surface area (Å²) in [5.41, 5.74) is 1.00. The lowest BCUT2D eigenvalue weighted by atomic mass is 10.2. The maximum Gasteiger partial charge on any atom is 0.164 e. The lowest BCUT2D eigenvalue weighted by molar-refractivity contribution is 0.475. The van der Waals surface area contributed by atoms with E-state index in [0.717, 1.165) is 11.4 Å². The Morgan fingerprint density at radius 3 is 2.88 bits per heavy atom. The lowest BCUT2D eigenvalue weighted by Crippen LogP contribution is -2.14. The third kappa shape index (κ3) is 3.18. The highest BCUT2D eigenvalue weighted by Gasteiger charge is 2.01. The van der Waals surface area contributed by atoms with Crippen molar-refractivity contribution in [3.63, 3.8) is 0 Å². The van der Waals surface area contributed by atoms with E-state index in [0.29, 0.717) is 18.1 Å². The molecular weight excluding hydrogens is 240 g/mol. The Balaban J connectivity index is 1.87. The van der Waals surface area contributed by atoms with Crippen LogP contribution in [0.4, 0.5) is 0 Å². The Morgan fingerprint density at radius 1 is 1.41 bits per heavy atom. The Hall–Kier alpha value is -1.59. The number of hydrogen-bond donors (Lipinski definition) is 2. The molecule has 5 nitrogen and oxygen atoms in total. The molecule has 0 aliphatic heterocycles. The summed E-state index contributed by atoms with van der Waals surface area (Å²) < 4.78 is 1.66. The van der Waals surface area contributed by atoms with Crippen molar-refractivity contribution >= 4 is 11.6 Å². The van der Waals surface area contributed by atoms with Crippen LogP contribution in [0.25, 0.3) is 0 Å². The van der Waals surface area contributed by atoms with Crippen LogP contribution in [0.1, 0.15) is 11.4 Å². The normalized spacial score (nSPS) is 10.7. The highest BCUT2D eigenvalue weighted by molar-refractivity contribution is 6.32. The molecule has 0 fully saturated rings. The van der Waals surface area contributed by atoms with Crippen molar-refractivity contribution in [1.82, 2.24) is 20.1 Å². The molecule has 2 rings (SSSR count). The number of nitrogens with zero attached hydrogens (tertiary/aromatic N) is 3. The van der Waals surface area contributed by atoms with Gasteiger partial charge in [0.15, 0.2) is 5.82 Å². The van der Waals surface area contributed by atoms with Gasteiger partial charge in [0.2, 0.25) is 0 Å². The summed E-state index contributed by atoms with van der Waals surface area (Å²) in [7, 11) is 1.83. The number of phenols is 1. The topological polar surface area (TPSA) is 63.0 Å². The van der Waals surface area contributed by atoms with Gasteiger partial charge in [-0.3, -0.25) is 4.68 Å². The van der Waals surface area contributed by atoms with Crippen LogP contribution in [0.5, 0.6) is 5.75 Å². The second-order valence-electron chi connectivity index (χ2n) is 3.72. The Bertz CT molecular complexity index is 512. The summed E-state index contributed by atoms with van der Waals surface area (Å²) in [6.07, 6.45) is 1.66. The van der Waals surface area contributed by atoms with E-state index < -0.39 is 0 Å². The van der Waals surface area contributed by atoms with Crippen LogP contribution in [-0.4, -0.2) is 19.9 Å². The predicted octanol–water partition coefficient (Wildman–Crippen LogP) is 1.46. The van der Waals surface area contributed by atoms with Gasteiger partial charge >= 0.3 is 0 Å². The van der Waals surface area contributed by atoms with E-state index in [4.69, 9.17) is 11.6 Å². The first-order valence-electron chi connectivity index (χ1n) is 5.18. The number of phenolic OH excluding ortho intramolecular Hbond substituents is 1. The molecule has 0 spiro atoms. The van der Waals surface area contributed by atoms with Crippen molar-refractivity contribution in [2.24, 2.45) is 7.05 Å². The van der Waals surface area contributed by atoms with Gasteiger partial charge in [-0.15, -0.1) is 0 Å². The molecule has 17 heavy (non-hydrogen) atoms. The Labute approximate surface area is 104 Å². The first-order valence-corrected chi connectivity index (χ1v) is 5.55. The maximum atomic E-state index is 9.27. The summed E-state index contributed by atoms with van der Waals surface area (Å²) in [4.78, 5) is 4.10. The molecule has 0 saturated heterocycles. The number of aromatic hydroxyl groups is 1. The molecule has 6 heteroatoms. The van der Waals surface area contributed by atoms with Gasteiger partial charge in [-0.1, -0.05) is 17.7 Å². The van der Waals surface area contributed by atoms with Crippen LogP contribution in [0, 0.1) is 0 Å². The monoisotopic (exact) mass is 252 g/mol. The van der Waals surface area contributed by atoms with E-state index in [1.165, 1.54) is 0 Å². The fourth-order valence-electron chi connectivity index (χ4n) is 1.44. The molecule has 2 N–H and O–H groups in total. The SMILES string of the molecule is Cn1cnc(CNCc2ccc(O)c(Cl)c2)n1. The van der Waals surface area contributed by atoms with E-state index in [1.54, 1.807) is 23.1 Å². The van der Waals surface area contributed by atoms with Gasteiger partial charge in [0, 0.05) is 13.6 Å². The van der Waals surface area contributed by atoms with Crippen LogP contribution < -0.4 is 5.32 Å². The van der Waals surface area contributed by atoms with E-state index in [1.807, 2.05) is 13.1 Å². The van der Waals surface area contributed by atoms with Gasteiger partial charge in [-0.25, -0.2) is 4.98 Å². The van der Waals surface area contributed by atoms with Crippen molar-refractivity contribution in [2.75, 3.05) is 0 Å². The fraction of sp³-hybridized carbons (Fsp3) is 0.273. The van der Waals surface area contributed by atoms with E-state index >= 15 is 0 Å². The maximum absolute atomic E-state index is 9.27. The molecule has 1 aromatic carbocycles. The summed E-state index contributed by atoms with van der Waals surface area (Å²) in [5, 5.41) is 17.0. The van der Waals surface area contributed by atoms with Crippen molar-refractivity contribution in [3.8, 4) is 5.75 Å². The van der Waals surface area contributed by atoms with Crippen molar-refractivity contribution in [1.29, 1.82) is 0 Å². The Morgan fingerprint density at radius 2 is 2.24 bits per heavy atom. The van der Waals surface area contributed by atoms with Gasteiger partial charge < -0.3 is 10.4 Å². The minimum atomic E-state index is 0.0989. The van der Waals surface area contributed by atoms with Gasteiger partial charge in [-0.2, -0.15) is 5.10 Å². The molecule has 0 aliphatic carbocycles. The minimum Gasteiger partial charge on any atom is -0.506 e. The molecule has 0 amide bonds. The molecule has 1 aromatic heterocycles. The molecule has 0 radical (unpaired) electrons. The molecule has 1 heterocycles. The van der Waals surface area contributed by atoms with Crippen LogP contribution in [0.3, 0.4) is 0 Å². The number of aryl methyl sites for hydroxylation is 1. The molecule has 0 aliphatic rings. The third-order valence-electron chi connectivity index (χ3n) is 2.27. The number of benzene rings is 1. The number of halogens is 1. The predicted molar refractivity (Wildman–Crippen MR) is 64.7 cm³/mol. The molecular formula is C11H13ClN4O. The molecule has 0 bridgehead atoms. The fourth-order valence-corrected chi connectivity index (χ4v) is 1.65. The first kappa shape index (κ1) is 11.9. The van der Waals surface area contributed by atoms with Gasteiger partial charge in [-0.05, 0) is 17.7 Å². The lowest BCUT2D eigenvalue weighted by Gasteiger charge is -2.04. The zero-order valence-electron chi connectivity index (χ0n) is 9.39. The molecule has 2 aromatic rings. The standard InChI is InChI=1S/C11H13ClN4O/c1-16-7-14-11(15-16)6-13-5-8-2-3-10(17)9(12)4-8/h2-4,7,13,17H,5-6H2,1H3. The quantitative estimate of drug-likeness (QED) is 0.865. The second kappa shape index (κ2) is 5.16. The van der Waals surface area contributed by atoms with Crippen molar-refractivity contribution in [2.45, 2.75) is 13.1 Å². The van der Waals surface area contributed by atoms with E-state index in [-0.39, 0.29) is 5.75 Å². The molecule has 0 atom stereocenters. The van der Waals surface area contributed by atoms with Gasteiger partial charge in [0.1, 0.15) is 12.1 Å². The van der Waals surface area contributed by atoms with Gasteiger partial charge in [0.25, 0.3) is 0 Å². The van der Waals surface area contributed by atoms with Crippen LogP contribution >= 0.6 is 11.6 Å².